The molecule has 1 N–H and O–H groups in total. The van der Waals surface area contributed by atoms with Crippen LogP contribution in [0.2, 0.25) is 0 Å². The molecule has 0 saturated heterocycles. The van der Waals surface area contributed by atoms with Crippen molar-refractivity contribution >= 4 is 5.91 Å². The number of aryl methyl sites for hydroxylation is 2. The van der Waals surface area contributed by atoms with E-state index in [1.165, 1.54) is 27.8 Å². The van der Waals surface area contributed by atoms with E-state index >= 15 is 0 Å². The molecule has 0 heterocycles. The molecule has 0 unspecified atom stereocenters. The molecule has 1 rings (SSSR count). The number of aliphatic hydroxyl groups excluding tert-OH is 1. The fourth-order valence-electron chi connectivity index (χ4n) is 1.98. The fourth-order valence-corrected chi connectivity index (χ4v) is 1.98. The molecular weight excluding hydrogens is 214 g/mol. The molecule has 1 aromatic rings. The maximum absolute atomic E-state index is 11.4. The first-order valence-electron chi connectivity index (χ1n) is 5.79. The number of amides is 1. The Bertz CT molecular complexity index is 412. The van der Waals surface area contributed by atoms with Crippen molar-refractivity contribution in [2.24, 2.45) is 0 Å². The summed E-state index contributed by atoms with van der Waals surface area (Å²) in [6.45, 7) is 8.44. The minimum absolute atomic E-state index is 0.247. The van der Waals surface area contributed by atoms with Gasteiger partial charge < -0.3 is 10.0 Å². The van der Waals surface area contributed by atoms with Gasteiger partial charge in [-0.25, -0.2) is 0 Å². The van der Waals surface area contributed by atoms with E-state index in [0.717, 1.165) is 0 Å². The fraction of sp³-hybridized carbons (Fsp3) is 0.500. The van der Waals surface area contributed by atoms with Crippen LogP contribution in [0.3, 0.4) is 0 Å². The van der Waals surface area contributed by atoms with Gasteiger partial charge in [0, 0.05) is 13.6 Å². The second-order valence-electron chi connectivity index (χ2n) is 4.65. The van der Waals surface area contributed by atoms with Crippen molar-refractivity contribution in [3.05, 3.63) is 33.9 Å². The minimum Gasteiger partial charge on any atom is -0.387 e. The van der Waals surface area contributed by atoms with E-state index in [2.05, 4.69) is 33.8 Å². The van der Waals surface area contributed by atoms with Gasteiger partial charge in [0.15, 0.2) is 0 Å². The number of hydrogen-bond acceptors (Lipinski definition) is 2. The second kappa shape index (κ2) is 5.32. The quantitative estimate of drug-likeness (QED) is 0.869. The van der Waals surface area contributed by atoms with Gasteiger partial charge in [-0.1, -0.05) is 6.07 Å². The average molecular weight is 235 g/mol. The zero-order valence-electron chi connectivity index (χ0n) is 11.3. The van der Waals surface area contributed by atoms with Gasteiger partial charge >= 0.3 is 0 Å². The molecule has 0 aliphatic heterocycles. The number of aliphatic hydroxyl groups is 1. The minimum atomic E-state index is -0.431. The number of hydrogen-bond donors (Lipinski definition) is 1. The maximum Gasteiger partial charge on any atom is 0.248 e. The predicted octanol–water partition coefficient (Wildman–Crippen LogP) is 1.87. The van der Waals surface area contributed by atoms with E-state index in [9.17, 15) is 4.79 Å². The van der Waals surface area contributed by atoms with Crippen LogP contribution >= 0.6 is 0 Å². The summed E-state index contributed by atoms with van der Waals surface area (Å²) in [4.78, 5) is 12.9. The summed E-state index contributed by atoms with van der Waals surface area (Å²) in [6, 6.07) is 2.17. The van der Waals surface area contributed by atoms with E-state index in [4.69, 9.17) is 5.11 Å². The highest BCUT2D eigenvalue weighted by Gasteiger charge is 2.13. The molecule has 0 atom stereocenters. The number of likely N-dealkylation sites (N-methyl/N-ethyl adjacent to an activating group) is 1. The summed E-state index contributed by atoms with van der Waals surface area (Å²) in [5, 5.41) is 8.84. The Balaban J connectivity index is 3.10. The third-order valence-corrected chi connectivity index (χ3v) is 3.48. The lowest BCUT2D eigenvalue weighted by Crippen LogP contribution is -2.29. The SMILES string of the molecule is Cc1cc(C)c(C)c(CN(C)C(=O)CO)c1C. The first kappa shape index (κ1) is 13.7. The molecule has 1 amide bonds. The average Bonchev–Trinajstić information content (AvgIpc) is 2.30. The lowest BCUT2D eigenvalue weighted by Gasteiger charge is -2.21. The maximum atomic E-state index is 11.4. The number of carbonyl (C=O) groups excluding carboxylic acids is 1. The Labute approximate surface area is 103 Å². The third-order valence-electron chi connectivity index (χ3n) is 3.48. The highest BCUT2D eigenvalue weighted by Crippen LogP contribution is 2.22. The van der Waals surface area contributed by atoms with E-state index in [-0.39, 0.29) is 5.91 Å². The molecule has 1 aromatic carbocycles. The number of nitrogens with zero attached hydrogens (tertiary/aromatic N) is 1. The lowest BCUT2D eigenvalue weighted by atomic mass is 9.94. The first-order chi connectivity index (χ1) is 7.88. The second-order valence-corrected chi connectivity index (χ2v) is 4.65. The zero-order chi connectivity index (χ0) is 13.2. The van der Waals surface area contributed by atoms with E-state index in [0.29, 0.717) is 6.54 Å². The van der Waals surface area contributed by atoms with Crippen LogP contribution < -0.4 is 0 Å². The van der Waals surface area contributed by atoms with Gasteiger partial charge in [0.1, 0.15) is 6.61 Å². The first-order valence-corrected chi connectivity index (χ1v) is 5.79. The summed E-state index contributed by atoms with van der Waals surface area (Å²) in [5.74, 6) is -0.247. The van der Waals surface area contributed by atoms with Crippen molar-refractivity contribution in [1.29, 1.82) is 0 Å². The van der Waals surface area contributed by atoms with E-state index in [1.807, 2.05) is 0 Å². The summed E-state index contributed by atoms with van der Waals surface area (Å²) in [5.41, 5.74) is 6.13. The Morgan fingerprint density at radius 1 is 1.18 bits per heavy atom. The summed E-state index contributed by atoms with van der Waals surface area (Å²) in [7, 11) is 1.72. The normalized spacial score (nSPS) is 10.5. The van der Waals surface area contributed by atoms with Gasteiger partial charge in [-0.3, -0.25) is 4.79 Å². The monoisotopic (exact) mass is 235 g/mol. The van der Waals surface area contributed by atoms with Gasteiger partial charge in [-0.15, -0.1) is 0 Å². The highest BCUT2D eigenvalue weighted by atomic mass is 16.3. The molecule has 0 radical (unpaired) electrons. The van der Waals surface area contributed by atoms with Crippen molar-refractivity contribution in [3.8, 4) is 0 Å². The van der Waals surface area contributed by atoms with Crippen LogP contribution in [0.15, 0.2) is 6.07 Å². The van der Waals surface area contributed by atoms with Crippen LogP contribution in [0.4, 0.5) is 0 Å². The molecule has 0 fully saturated rings. The number of benzene rings is 1. The predicted molar refractivity (Wildman–Crippen MR) is 68.9 cm³/mol. The van der Waals surface area contributed by atoms with Crippen LogP contribution in [0, 0.1) is 27.7 Å². The summed E-state index contributed by atoms with van der Waals surface area (Å²) in [6.07, 6.45) is 0. The van der Waals surface area contributed by atoms with Crippen molar-refractivity contribution in [3.63, 3.8) is 0 Å². The Morgan fingerprint density at radius 3 is 2.06 bits per heavy atom. The highest BCUT2D eigenvalue weighted by molar-refractivity contribution is 5.76. The topological polar surface area (TPSA) is 40.5 Å². The number of carbonyl (C=O) groups is 1. The van der Waals surface area contributed by atoms with Gasteiger partial charge in [0.05, 0.1) is 0 Å². The Morgan fingerprint density at radius 2 is 1.65 bits per heavy atom. The van der Waals surface area contributed by atoms with Crippen molar-refractivity contribution in [1.82, 2.24) is 4.90 Å². The molecule has 0 aromatic heterocycles. The Hall–Kier alpha value is -1.35. The molecule has 0 spiro atoms. The van der Waals surface area contributed by atoms with Crippen LogP contribution in [0.1, 0.15) is 27.8 Å². The standard InChI is InChI=1S/C14H21NO2/c1-9-6-10(2)12(4)13(11(9)3)7-15(5)14(17)8-16/h6,16H,7-8H2,1-5H3. The molecule has 0 aliphatic rings. The third kappa shape index (κ3) is 2.86. The van der Waals surface area contributed by atoms with Crippen molar-refractivity contribution in [2.75, 3.05) is 13.7 Å². The van der Waals surface area contributed by atoms with E-state index in [1.54, 1.807) is 11.9 Å². The van der Waals surface area contributed by atoms with Crippen LogP contribution in [0.5, 0.6) is 0 Å². The Kier molecular flexibility index (Phi) is 4.29. The summed E-state index contributed by atoms with van der Waals surface area (Å²) < 4.78 is 0. The largest absolute Gasteiger partial charge is 0.387 e. The van der Waals surface area contributed by atoms with Crippen LogP contribution in [-0.2, 0) is 11.3 Å². The van der Waals surface area contributed by atoms with Crippen LogP contribution in [0.25, 0.3) is 0 Å². The molecule has 3 heteroatoms. The van der Waals surface area contributed by atoms with Gasteiger partial charge in [-0.05, 0) is 55.5 Å². The smallest absolute Gasteiger partial charge is 0.248 e. The van der Waals surface area contributed by atoms with Gasteiger partial charge in [0.2, 0.25) is 5.91 Å². The molecule has 0 aliphatic carbocycles. The molecule has 3 nitrogen and oxygen atoms in total. The molecule has 17 heavy (non-hydrogen) atoms. The lowest BCUT2D eigenvalue weighted by molar-refractivity contribution is -0.133. The summed E-state index contributed by atoms with van der Waals surface area (Å²) >= 11 is 0. The van der Waals surface area contributed by atoms with Crippen molar-refractivity contribution in [2.45, 2.75) is 34.2 Å². The van der Waals surface area contributed by atoms with Crippen LogP contribution in [-0.4, -0.2) is 29.6 Å². The van der Waals surface area contributed by atoms with E-state index < -0.39 is 6.61 Å². The van der Waals surface area contributed by atoms with Crippen molar-refractivity contribution < 1.29 is 9.90 Å². The van der Waals surface area contributed by atoms with Gasteiger partial charge in [-0.2, -0.15) is 0 Å². The van der Waals surface area contributed by atoms with Gasteiger partial charge in [0.25, 0.3) is 0 Å². The molecular formula is C14H21NO2. The molecule has 0 bridgehead atoms. The zero-order valence-corrected chi connectivity index (χ0v) is 11.3. The number of rotatable bonds is 3. The molecule has 0 saturated carbocycles. The molecule has 94 valence electrons.